The predicted octanol–water partition coefficient (Wildman–Crippen LogP) is 4.76. The number of halogens is 5. The maximum atomic E-state index is 14.4. The van der Waals surface area contributed by atoms with Crippen LogP contribution in [-0.2, 0) is 10.2 Å². The van der Waals surface area contributed by atoms with Crippen LogP contribution in [0.1, 0.15) is 37.9 Å². The summed E-state index contributed by atoms with van der Waals surface area (Å²) < 4.78 is 75.6. The predicted molar refractivity (Wildman–Crippen MR) is 113 cm³/mol. The van der Waals surface area contributed by atoms with E-state index in [1.807, 2.05) is 5.32 Å². The average molecular weight is 484 g/mol. The average Bonchev–Trinajstić information content (AvgIpc) is 2.75. The van der Waals surface area contributed by atoms with Crippen LogP contribution in [0.2, 0.25) is 0 Å². The van der Waals surface area contributed by atoms with Gasteiger partial charge in [-0.05, 0) is 43.7 Å². The van der Waals surface area contributed by atoms with Crippen molar-refractivity contribution in [1.82, 2.24) is 5.16 Å². The molecular formula is C23H21F5N2O4. The van der Waals surface area contributed by atoms with Crippen molar-refractivity contribution in [2.24, 2.45) is 0 Å². The van der Waals surface area contributed by atoms with Crippen molar-refractivity contribution < 1.29 is 36.4 Å². The molecule has 182 valence electrons. The number of aliphatic hydroxyl groups is 1. The summed E-state index contributed by atoms with van der Waals surface area (Å²) in [6, 6.07) is 6.43. The Hall–Kier alpha value is -3.34. The number of hydrogen-bond acceptors (Lipinski definition) is 5. The largest absolute Gasteiger partial charge is 0.426 e. The zero-order chi connectivity index (χ0) is 25.5. The Morgan fingerprint density at radius 3 is 2.29 bits per heavy atom. The highest BCUT2D eigenvalue weighted by molar-refractivity contribution is 5.99. The van der Waals surface area contributed by atoms with E-state index in [2.05, 4.69) is 9.68 Å². The molecule has 2 N–H and O–H groups in total. The zero-order valence-electron chi connectivity index (χ0n) is 18.4. The molecule has 1 amide bonds. The Bertz CT molecular complexity index is 1290. The minimum absolute atomic E-state index is 0.0881. The molecule has 0 spiro atoms. The van der Waals surface area contributed by atoms with E-state index in [0.29, 0.717) is 0 Å². The third-order valence-corrected chi connectivity index (χ3v) is 5.99. The van der Waals surface area contributed by atoms with Crippen LogP contribution in [-0.4, -0.2) is 27.9 Å². The van der Waals surface area contributed by atoms with E-state index in [-0.39, 0.29) is 28.6 Å². The van der Waals surface area contributed by atoms with E-state index < -0.39 is 52.3 Å². The number of alkyl halides is 3. The zero-order valence-corrected chi connectivity index (χ0v) is 18.4. The maximum Gasteiger partial charge on any atom is 0.426 e. The molecule has 1 heterocycles. The summed E-state index contributed by atoms with van der Waals surface area (Å²) in [6.07, 6.45) is -7.04. The standard InChI is InChI=1S/C23H21F5N2O4/c1-4-21(3,18-16(24)6-5-7-17(18)25)11-22(33,23(26,27)28)20(32)29-13-8-9-14-15(10-13)12(2)30-34-19(14)31/h5-10,33H,4,11H2,1-3H3,(H,29,32). The van der Waals surface area contributed by atoms with E-state index in [9.17, 15) is 36.6 Å². The van der Waals surface area contributed by atoms with Crippen LogP contribution in [0, 0.1) is 18.6 Å². The molecule has 6 nitrogen and oxygen atoms in total. The molecule has 2 unspecified atom stereocenters. The third-order valence-electron chi connectivity index (χ3n) is 5.99. The van der Waals surface area contributed by atoms with Crippen LogP contribution >= 0.6 is 0 Å². The maximum absolute atomic E-state index is 14.4. The van der Waals surface area contributed by atoms with Crippen molar-refractivity contribution in [2.45, 2.75) is 50.8 Å². The first-order chi connectivity index (χ1) is 15.7. The van der Waals surface area contributed by atoms with Crippen molar-refractivity contribution in [1.29, 1.82) is 0 Å². The van der Waals surface area contributed by atoms with Gasteiger partial charge in [-0.2, -0.15) is 13.2 Å². The minimum Gasteiger partial charge on any atom is -0.373 e. The molecule has 3 aromatic rings. The topological polar surface area (TPSA) is 92.4 Å². The van der Waals surface area contributed by atoms with Gasteiger partial charge in [0.05, 0.1) is 11.1 Å². The monoisotopic (exact) mass is 484 g/mol. The highest BCUT2D eigenvalue weighted by Gasteiger charge is 2.62. The summed E-state index contributed by atoms with van der Waals surface area (Å²) >= 11 is 0. The summed E-state index contributed by atoms with van der Waals surface area (Å²) in [6.45, 7) is 4.02. The van der Waals surface area contributed by atoms with Crippen LogP contribution in [0.3, 0.4) is 0 Å². The molecule has 11 heteroatoms. The van der Waals surface area contributed by atoms with Gasteiger partial charge in [0.1, 0.15) is 11.6 Å². The molecular weight excluding hydrogens is 463 g/mol. The Morgan fingerprint density at radius 1 is 1.12 bits per heavy atom. The van der Waals surface area contributed by atoms with Gasteiger partial charge in [0.25, 0.3) is 5.91 Å². The first kappa shape index (κ1) is 25.3. The smallest absolute Gasteiger partial charge is 0.373 e. The van der Waals surface area contributed by atoms with Gasteiger partial charge < -0.3 is 14.9 Å². The van der Waals surface area contributed by atoms with E-state index in [4.69, 9.17) is 0 Å². The van der Waals surface area contributed by atoms with E-state index in [0.717, 1.165) is 31.2 Å². The number of aromatic nitrogens is 1. The van der Waals surface area contributed by atoms with Crippen LogP contribution < -0.4 is 10.9 Å². The van der Waals surface area contributed by atoms with E-state index >= 15 is 0 Å². The number of anilines is 1. The molecule has 3 rings (SSSR count). The number of hydrogen-bond donors (Lipinski definition) is 2. The van der Waals surface area contributed by atoms with Gasteiger partial charge in [0, 0.05) is 28.5 Å². The van der Waals surface area contributed by atoms with Gasteiger partial charge in [-0.25, -0.2) is 13.6 Å². The van der Waals surface area contributed by atoms with Crippen molar-refractivity contribution in [3.05, 3.63) is 69.7 Å². The third kappa shape index (κ3) is 4.39. The quantitative estimate of drug-likeness (QED) is 0.492. The van der Waals surface area contributed by atoms with Gasteiger partial charge in [-0.15, -0.1) is 0 Å². The summed E-state index contributed by atoms with van der Waals surface area (Å²) in [5.41, 5.74) is -7.25. The molecule has 0 saturated carbocycles. The molecule has 0 aliphatic carbocycles. The van der Waals surface area contributed by atoms with Gasteiger partial charge in [-0.1, -0.05) is 25.1 Å². The Morgan fingerprint density at radius 2 is 1.74 bits per heavy atom. The van der Waals surface area contributed by atoms with Gasteiger partial charge in [-0.3, -0.25) is 4.79 Å². The molecule has 0 radical (unpaired) electrons. The summed E-state index contributed by atoms with van der Waals surface area (Å²) in [4.78, 5) is 24.6. The van der Waals surface area contributed by atoms with Crippen LogP contribution in [0.25, 0.3) is 10.8 Å². The van der Waals surface area contributed by atoms with Crippen molar-refractivity contribution in [3.8, 4) is 0 Å². The fraction of sp³-hybridized carbons (Fsp3) is 0.348. The molecule has 0 bridgehead atoms. The number of fused-ring (bicyclic) bond motifs is 1. The first-order valence-corrected chi connectivity index (χ1v) is 10.2. The summed E-state index contributed by atoms with van der Waals surface area (Å²) in [7, 11) is 0. The number of nitrogens with zero attached hydrogens (tertiary/aromatic N) is 1. The second-order valence-corrected chi connectivity index (χ2v) is 8.32. The van der Waals surface area contributed by atoms with Crippen molar-refractivity contribution >= 4 is 22.4 Å². The number of benzene rings is 2. The molecule has 34 heavy (non-hydrogen) atoms. The number of aryl methyl sites for hydroxylation is 1. The first-order valence-electron chi connectivity index (χ1n) is 10.2. The Balaban J connectivity index is 2.04. The Kier molecular flexibility index (Phi) is 6.53. The summed E-state index contributed by atoms with van der Waals surface area (Å²) in [5.74, 6) is -4.03. The van der Waals surface area contributed by atoms with Gasteiger partial charge in [0.2, 0.25) is 5.60 Å². The lowest BCUT2D eigenvalue weighted by Crippen LogP contribution is -2.57. The Labute approximate surface area is 190 Å². The fourth-order valence-electron chi connectivity index (χ4n) is 3.88. The van der Waals surface area contributed by atoms with Crippen molar-refractivity contribution in [2.75, 3.05) is 5.32 Å². The second kappa shape index (κ2) is 8.79. The lowest BCUT2D eigenvalue weighted by molar-refractivity contribution is -0.255. The van der Waals surface area contributed by atoms with E-state index in [1.54, 1.807) is 0 Å². The lowest BCUT2D eigenvalue weighted by atomic mass is 9.71. The van der Waals surface area contributed by atoms with Crippen LogP contribution in [0.15, 0.2) is 45.7 Å². The van der Waals surface area contributed by atoms with E-state index in [1.165, 1.54) is 26.0 Å². The highest BCUT2D eigenvalue weighted by atomic mass is 19.4. The molecule has 0 fully saturated rings. The molecule has 1 aromatic heterocycles. The summed E-state index contributed by atoms with van der Waals surface area (Å²) in [5, 5.41) is 16.5. The molecule has 0 aliphatic rings. The number of rotatable bonds is 6. The SMILES string of the molecule is CCC(C)(CC(O)(C(=O)Nc1ccc2c(=O)onc(C)c2c1)C(F)(F)F)c1c(F)cccc1F. The number of nitrogens with one attached hydrogen (secondary N) is 1. The molecule has 2 atom stereocenters. The normalized spacial score (nSPS) is 15.6. The molecule has 2 aromatic carbocycles. The number of carbonyl (C=O) groups excluding carboxylic acids is 1. The molecule has 0 saturated heterocycles. The van der Waals surface area contributed by atoms with Crippen LogP contribution in [0.4, 0.5) is 27.6 Å². The van der Waals surface area contributed by atoms with Crippen molar-refractivity contribution in [3.63, 3.8) is 0 Å². The fourth-order valence-corrected chi connectivity index (χ4v) is 3.88. The minimum atomic E-state index is -5.48. The second-order valence-electron chi connectivity index (χ2n) is 8.32. The lowest BCUT2D eigenvalue weighted by Gasteiger charge is -2.38. The highest BCUT2D eigenvalue weighted by Crippen LogP contribution is 2.45. The van der Waals surface area contributed by atoms with Gasteiger partial charge >= 0.3 is 11.8 Å². The van der Waals surface area contributed by atoms with Crippen LogP contribution in [0.5, 0.6) is 0 Å². The molecule has 0 aliphatic heterocycles. The number of carbonyl (C=O) groups is 1. The number of amides is 1. The van der Waals surface area contributed by atoms with Gasteiger partial charge in [0.15, 0.2) is 0 Å².